The Hall–Kier alpha value is -3.43. The fraction of sp³-hybridized carbons (Fsp3) is 0.200. The van der Waals surface area contributed by atoms with Crippen LogP contribution in [0, 0.1) is 0 Å². The summed E-state index contributed by atoms with van der Waals surface area (Å²) in [6, 6.07) is 20.7. The van der Waals surface area contributed by atoms with E-state index in [4.69, 9.17) is 17.0 Å². The lowest BCUT2D eigenvalue weighted by Gasteiger charge is -2.19. The SMILES string of the molecule is CCCOc1cccc(C(=O)NC(=S)Nc2ccc(S(=O)(=O)N3CCc4ccccc43)cc2)c1. The lowest BCUT2D eigenvalue weighted by molar-refractivity contribution is 0.0977. The van der Waals surface area contributed by atoms with Gasteiger partial charge in [-0.3, -0.25) is 14.4 Å². The third kappa shape index (κ3) is 5.21. The van der Waals surface area contributed by atoms with Crippen LogP contribution in [0.25, 0.3) is 0 Å². The highest BCUT2D eigenvalue weighted by atomic mass is 32.2. The maximum absolute atomic E-state index is 13.1. The quantitative estimate of drug-likeness (QED) is 0.474. The minimum absolute atomic E-state index is 0.106. The first-order valence-electron chi connectivity index (χ1n) is 10.9. The van der Waals surface area contributed by atoms with Gasteiger partial charge >= 0.3 is 0 Å². The number of carbonyl (C=O) groups is 1. The summed E-state index contributed by atoms with van der Waals surface area (Å²) in [5, 5.41) is 5.65. The third-order valence-corrected chi connectivity index (χ3v) is 7.37. The maximum atomic E-state index is 13.1. The van der Waals surface area contributed by atoms with Crippen LogP contribution < -0.4 is 19.7 Å². The first-order valence-corrected chi connectivity index (χ1v) is 12.8. The van der Waals surface area contributed by atoms with Crippen molar-refractivity contribution in [2.24, 2.45) is 0 Å². The van der Waals surface area contributed by atoms with Gasteiger partial charge in [0.25, 0.3) is 15.9 Å². The topological polar surface area (TPSA) is 87.7 Å². The zero-order valence-electron chi connectivity index (χ0n) is 18.7. The molecule has 0 bridgehead atoms. The van der Waals surface area contributed by atoms with E-state index in [-0.39, 0.29) is 15.9 Å². The number of hydrogen-bond donors (Lipinski definition) is 2. The van der Waals surface area contributed by atoms with E-state index >= 15 is 0 Å². The van der Waals surface area contributed by atoms with Crippen molar-refractivity contribution in [3.63, 3.8) is 0 Å². The van der Waals surface area contributed by atoms with Crippen molar-refractivity contribution < 1.29 is 17.9 Å². The summed E-state index contributed by atoms with van der Waals surface area (Å²) >= 11 is 5.25. The van der Waals surface area contributed by atoms with E-state index in [9.17, 15) is 13.2 Å². The van der Waals surface area contributed by atoms with Crippen LogP contribution in [-0.2, 0) is 16.4 Å². The number of benzene rings is 3. The van der Waals surface area contributed by atoms with Gasteiger partial charge in [-0.15, -0.1) is 0 Å². The van der Waals surface area contributed by atoms with E-state index in [2.05, 4.69) is 10.6 Å². The molecule has 1 heterocycles. The van der Waals surface area contributed by atoms with E-state index in [0.29, 0.717) is 36.6 Å². The summed E-state index contributed by atoms with van der Waals surface area (Å²) in [6.45, 7) is 3.00. The number of nitrogens with zero attached hydrogens (tertiary/aromatic N) is 1. The Kier molecular flexibility index (Phi) is 7.14. The molecule has 0 atom stereocenters. The zero-order chi connectivity index (χ0) is 24.1. The molecule has 0 radical (unpaired) electrons. The number of hydrogen-bond acceptors (Lipinski definition) is 5. The molecule has 4 rings (SSSR count). The average Bonchev–Trinajstić information content (AvgIpc) is 3.28. The lowest BCUT2D eigenvalue weighted by Crippen LogP contribution is -2.34. The Morgan fingerprint density at radius 3 is 2.59 bits per heavy atom. The van der Waals surface area contributed by atoms with Gasteiger partial charge in [0.2, 0.25) is 0 Å². The van der Waals surface area contributed by atoms with Crippen LogP contribution in [0.4, 0.5) is 11.4 Å². The average molecular weight is 496 g/mol. The molecule has 0 spiro atoms. The number of ether oxygens (including phenoxy) is 1. The van der Waals surface area contributed by atoms with Crippen molar-refractivity contribution in [1.29, 1.82) is 0 Å². The molecule has 1 aliphatic rings. The Bertz CT molecular complexity index is 1310. The van der Waals surface area contributed by atoms with Crippen molar-refractivity contribution in [3.05, 3.63) is 83.9 Å². The van der Waals surface area contributed by atoms with E-state index in [1.165, 1.54) is 16.4 Å². The number of sulfonamides is 1. The number of nitrogens with one attached hydrogen (secondary N) is 2. The fourth-order valence-corrected chi connectivity index (χ4v) is 5.39. The molecule has 1 amide bonds. The molecule has 34 heavy (non-hydrogen) atoms. The molecule has 9 heteroatoms. The van der Waals surface area contributed by atoms with Crippen LogP contribution in [0.15, 0.2) is 77.7 Å². The fourth-order valence-electron chi connectivity index (χ4n) is 3.68. The van der Waals surface area contributed by atoms with Gasteiger partial charge in [-0.2, -0.15) is 0 Å². The number of amides is 1. The van der Waals surface area contributed by atoms with E-state index < -0.39 is 10.0 Å². The smallest absolute Gasteiger partial charge is 0.264 e. The molecule has 0 aliphatic carbocycles. The van der Waals surface area contributed by atoms with Gasteiger partial charge in [-0.25, -0.2) is 8.42 Å². The zero-order valence-corrected chi connectivity index (χ0v) is 20.3. The van der Waals surface area contributed by atoms with Gasteiger partial charge < -0.3 is 10.1 Å². The van der Waals surface area contributed by atoms with Crippen LogP contribution in [0.1, 0.15) is 29.3 Å². The summed E-state index contributed by atoms with van der Waals surface area (Å²) in [5.41, 5.74) is 2.72. The normalized spacial score (nSPS) is 12.7. The van der Waals surface area contributed by atoms with Crippen molar-refractivity contribution in [2.45, 2.75) is 24.7 Å². The summed E-state index contributed by atoms with van der Waals surface area (Å²) < 4.78 is 33.3. The number of rotatable bonds is 7. The molecule has 3 aromatic carbocycles. The first kappa shape index (κ1) is 23.7. The predicted molar refractivity (Wildman–Crippen MR) is 137 cm³/mol. The van der Waals surface area contributed by atoms with Gasteiger partial charge in [-0.05, 0) is 79.2 Å². The molecule has 0 saturated heterocycles. The molecule has 0 aromatic heterocycles. The molecule has 0 saturated carbocycles. The molecule has 1 aliphatic heterocycles. The summed E-state index contributed by atoms with van der Waals surface area (Å²) in [5.74, 6) is 0.247. The standard InChI is InChI=1S/C25H25N3O4S2/c1-2-16-32-21-8-5-7-19(17-21)24(29)27-25(33)26-20-10-12-22(13-11-20)34(30,31)28-15-14-18-6-3-4-9-23(18)28/h3-13,17H,2,14-16H2,1H3,(H2,26,27,29,33). The Morgan fingerprint density at radius 2 is 1.82 bits per heavy atom. The van der Waals surface area contributed by atoms with Crippen LogP contribution in [0.5, 0.6) is 5.75 Å². The van der Waals surface area contributed by atoms with Crippen molar-refractivity contribution >= 4 is 44.6 Å². The van der Waals surface area contributed by atoms with E-state index in [1.54, 1.807) is 36.4 Å². The molecule has 3 aromatic rings. The lowest BCUT2D eigenvalue weighted by atomic mass is 10.2. The summed E-state index contributed by atoms with van der Waals surface area (Å²) in [7, 11) is -3.67. The van der Waals surface area contributed by atoms with E-state index in [0.717, 1.165) is 17.7 Å². The molecule has 2 N–H and O–H groups in total. The van der Waals surface area contributed by atoms with Crippen LogP contribution >= 0.6 is 12.2 Å². The van der Waals surface area contributed by atoms with Gasteiger partial charge in [0.1, 0.15) is 5.75 Å². The number of fused-ring (bicyclic) bond motifs is 1. The van der Waals surface area contributed by atoms with Crippen LogP contribution in [-0.4, -0.2) is 32.6 Å². The monoisotopic (exact) mass is 495 g/mol. The summed E-state index contributed by atoms with van der Waals surface area (Å²) in [6.07, 6.45) is 1.56. The molecule has 0 fully saturated rings. The molecule has 7 nitrogen and oxygen atoms in total. The first-order chi connectivity index (χ1) is 16.4. The largest absolute Gasteiger partial charge is 0.494 e. The maximum Gasteiger partial charge on any atom is 0.264 e. The number of anilines is 2. The van der Waals surface area contributed by atoms with E-state index in [1.807, 2.05) is 31.2 Å². The molecule has 176 valence electrons. The highest BCUT2D eigenvalue weighted by Crippen LogP contribution is 2.32. The second kappa shape index (κ2) is 10.2. The minimum Gasteiger partial charge on any atom is -0.494 e. The number of carbonyl (C=O) groups excluding carboxylic acids is 1. The Labute approximate surface area is 204 Å². The Balaban J connectivity index is 1.39. The van der Waals surface area contributed by atoms with Gasteiger partial charge in [0.05, 0.1) is 17.2 Å². The highest BCUT2D eigenvalue weighted by Gasteiger charge is 2.30. The van der Waals surface area contributed by atoms with Gasteiger partial charge in [0, 0.05) is 17.8 Å². The highest BCUT2D eigenvalue weighted by molar-refractivity contribution is 7.92. The number of thiocarbonyl (C=S) groups is 1. The van der Waals surface area contributed by atoms with Crippen molar-refractivity contribution in [2.75, 3.05) is 22.8 Å². The predicted octanol–water partition coefficient (Wildman–Crippen LogP) is 4.35. The third-order valence-electron chi connectivity index (χ3n) is 5.34. The van der Waals surface area contributed by atoms with Gasteiger partial charge in [0.15, 0.2) is 5.11 Å². The van der Waals surface area contributed by atoms with Crippen molar-refractivity contribution in [3.8, 4) is 5.75 Å². The molecule has 0 unspecified atom stereocenters. The number of para-hydroxylation sites is 1. The van der Waals surface area contributed by atoms with Crippen LogP contribution in [0.3, 0.4) is 0 Å². The Morgan fingerprint density at radius 1 is 1.06 bits per heavy atom. The second-order valence-corrected chi connectivity index (χ2v) is 10.0. The van der Waals surface area contributed by atoms with Gasteiger partial charge in [-0.1, -0.05) is 31.2 Å². The van der Waals surface area contributed by atoms with Crippen LogP contribution in [0.2, 0.25) is 0 Å². The summed E-state index contributed by atoms with van der Waals surface area (Å²) in [4.78, 5) is 12.7. The second-order valence-electron chi connectivity index (χ2n) is 7.76. The molecular weight excluding hydrogens is 470 g/mol. The minimum atomic E-state index is -3.67. The molecular formula is C25H25N3O4S2. The van der Waals surface area contributed by atoms with Crippen molar-refractivity contribution in [1.82, 2.24) is 5.32 Å².